The van der Waals surface area contributed by atoms with Gasteiger partial charge in [-0.1, -0.05) is 42.5 Å². The summed E-state index contributed by atoms with van der Waals surface area (Å²) in [5, 5.41) is 0. The molecule has 0 spiro atoms. The molecule has 0 radical (unpaired) electrons. The number of nitrogens with zero attached hydrogens (tertiary/aromatic N) is 1. The molecule has 2 rings (SSSR count). The van der Waals surface area contributed by atoms with E-state index in [2.05, 4.69) is 69.8 Å². The van der Waals surface area contributed by atoms with Crippen molar-refractivity contribution in [3.63, 3.8) is 0 Å². The Kier molecular flexibility index (Phi) is 3.23. The van der Waals surface area contributed by atoms with Gasteiger partial charge in [0.2, 0.25) is 0 Å². The predicted molar refractivity (Wildman–Crippen MR) is 70.4 cm³/mol. The standard InChI is InChI=1S/C13H16NP/c1-14(11-7-3-2-4-8-11)12-9-5-6-10-13(12)15/h2-10,12-13H,15H2,1H3. The van der Waals surface area contributed by atoms with E-state index in [1.807, 2.05) is 6.07 Å². The molecule has 0 fully saturated rings. The maximum atomic E-state index is 2.88. The van der Waals surface area contributed by atoms with E-state index < -0.39 is 0 Å². The highest BCUT2D eigenvalue weighted by Gasteiger charge is 2.18. The van der Waals surface area contributed by atoms with Crippen LogP contribution in [0.15, 0.2) is 54.6 Å². The molecular formula is C13H16NP. The lowest BCUT2D eigenvalue weighted by atomic mass is 10.1. The molecule has 0 aliphatic heterocycles. The highest BCUT2D eigenvalue weighted by Crippen LogP contribution is 2.23. The fourth-order valence-corrected chi connectivity index (χ4v) is 2.35. The van der Waals surface area contributed by atoms with Crippen LogP contribution < -0.4 is 4.90 Å². The molecule has 0 saturated carbocycles. The van der Waals surface area contributed by atoms with Crippen LogP contribution in [0.4, 0.5) is 5.69 Å². The third kappa shape index (κ3) is 2.30. The van der Waals surface area contributed by atoms with E-state index in [9.17, 15) is 0 Å². The first kappa shape index (κ1) is 10.4. The number of rotatable bonds is 2. The van der Waals surface area contributed by atoms with E-state index in [1.165, 1.54) is 5.69 Å². The summed E-state index contributed by atoms with van der Waals surface area (Å²) in [6.45, 7) is 0. The van der Waals surface area contributed by atoms with Crippen molar-refractivity contribution in [2.24, 2.45) is 0 Å². The molecule has 0 saturated heterocycles. The molecule has 0 amide bonds. The van der Waals surface area contributed by atoms with Crippen LogP contribution in [-0.4, -0.2) is 18.7 Å². The summed E-state index contributed by atoms with van der Waals surface area (Å²) in [4.78, 5) is 2.30. The van der Waals surface area contributed by atoms with E-state index in [-0.39, 0.29) is 0 Å². The van der Waals surface area contributed by atoms with Gasteiger partial charge < -0.3 is 4.90 Å². The van der Waals surface area contributed by atoms with Gasteiger partial charge in [0.05, 0.1) is 6.04 Å². The molecule has 1 aromatic rings. The van der Waals surface area contributed by atoms with Crippen LogP contribution in [0, 0.1) is 0 Å². The molecule has 1 nitrogen and oxygen atoms in total. The minimum Gasteiger partial charge on any atom is -0.367 e. The van der Waals surface area contributed by atoms with Crippen molar-refractivity contribution in [3.8, 4) is 0 Å². The smallest absolute Gasteiger partial charge is 0.0570 e. The van der Waals surface area contributed by atoms with Crippen LogP contribution in [0.2, 0.25) is 0 Å². The third-order valence-electron chi connectivity index (χ3n) is 2.76. The molecule has 2 heteroatoms. The zero-order valence-electron chi connectivity index (χ0n) is 8.88. The Bertz CT molecular complexity index is 369. The van der Waals surface area contributed by atoms with Crippen molar-refractivity contribution in [2.45, 2.75) is 11.7 Å². The lowest BCUT2D eigenvalue weighted by Gasteiger charge is -2.32. The summed E-state index contributed by atoms with van der Waals surface area (Å²) in [7, 11) is 5.02. The maximum absolute atomic E-state index is 2.88. The number of anilines is 1. The summed E-state index contributed by atoms with van der Waals surface area (Å²) in [6.07, 6.45) is 8.68. The van der Waals surface area contributed by atoms with Crippen LogP contribution in [0.1, 0.15) is 0 Å². The summed E-state index contributed by atoms with van der Waals surface area (Å²) < 4.78 is 0. The first-order chi connectivity index (χ1) is 7.29. The van der Waals surface area contributed by atoms with E-state index in [0.29, 0.717) is 11.7 Å². The highest BCUT2D eigenvalue weighted by molar-refractivity contribution is 7.18. The molecule has 0 heterocycles. The number of likely N-dealkylation sites (N-methyl/N-ethyl adjacent to an activating group) is 1. The molecule has 15 heavy (non-hydrogen) atoms. The van der Waals surface area contributed by atoms with E-state index in [0.717, 1.165) is 0 Å². The van der Waals surface area contributed by atoms with Crippen molar-refractivity contribution < 1.29 is 0 Å². The molecule has 1 aliphatic rings. The zero-order chi connectivity index (χ0) is 10.7. The van der Waals surface area contributed by atoms with Gasteiger partial charge in [0.1, 0.15) is 0 Å². The van der Waals surface area contributed by atoms with Crippen molar-refractivity contribution in [1.29, 1.82) is 0 Å². The first-order valence-corrected chi connectivity index (χ1v) is 5.84. The van der Waals surface area contributed by atoms with Crippen LogP contribution in [0.5, 0.6) is 0 Å². The Balaban J connectivity index is 2.18. The molecule has 78 valence electrons. The van der Waals surface area contributed by atoms with Crippen LogP contribution in [0.3, 0.4) is 0 Å². The topological polar surface area (TPSA) is 3.24 Å². The van der Waals surface area contributed by atoms with Gasteiger partial charge in [0.15, 0.2) is 0 Å². The van der Waals surface area contributed by atoms with Crippen molar-refractivity contribution in [2.75, 3.05) is 11.9 Å². The van der Waals surface area contributed by atoms with Gasteiger partial charge in [0, 0.05) is 18.4 Å². The van der Waals surface area contributed by atoms with Crippen molar-refractivity contribution >= 4 is 14.9 Å². The second-order valence-corrected chi connectivity index (χ2v) is 4.55. The molecule has 0 N–H and O–H groups in total. The van der Waals surface area contributed by atoms with Crippen molar-refractivity contribution in [3.05, 3.63) is 54.6 Å². The average Bonchev–Trinajstić information content (AvgIpc) is 2.30. The van der Waals surface area contributed by atoms with E-state index in [4.69, 9.17) is 0 Å². The molecule has 1 aliphatic carbocycles. The second kappa shape index (κ2) is 4.63. The lowest BCUT2D eigenvalue weighted by molar-refractivity contribution is 0.766. The highest BCUT2D eigenvalue weighted by atomic mass is 31.0. The van der Waals surface area contributed by atoms with Gasteiger partial charge in [0.25, 0.3) is 0 Å². The summed E-state index contributed by atoms with van der Waals surface area (Å²) in [5.74, 6) is 0. The number of benzene rings is 1. The number of hydrogen-bond acceptors (Lipinski definition) is 1. The Labute approximate surface area is 93.7 Å². The normalized spacial score (nSPS) is 24.1. The zero-order valence-corrected chi connectivity index (χ0v) is 10.0. The summed E-state index contributed by atoms with van der Waals surface area (Å²) >= 11 is 0. The van der Waals surface area contributed by atoms with Gasteiger partial charge in [-0.2, -0.15) is 0 Å². The van der Waals surface area contributed by atoms with Crippen molar-refractivity contribution in [1.82, 2.24) is 0 Å². The van der Waals surface area contributed by atoms with Gasteiger partial charge in [-0.3, -0.25) is 0 Å². The number of para-hydroxylation sites is 1. The van der Waals surface area contributed by atoms with Gasteiger partial charge >= 0.3 is 0 Å². The Hall–Kier alpha value is -1.07. The van der Waals surface area contributed by atoms with Gasteiger partial charge in [-0.15, -0.1) is 9.24 Å². The second-order valence-electron chi connectivity index (χ2n) is 3.78. The van der Waals surface area contributed by atoms with Crippen LogP contribution in [-0.2, 0) is 0 Å². The predicted octanol–water partition coefficient (Wildman–Crippen LogP) is 2.86. The summed E-state index contributed by atoms with van der Waals surface area (Å²) in [5.41, 5.74) is 1.75. The number of hydrogen-bond donors (Lipinski definition) is 0. The quantitative estimate of drug-likeness (QED) is 0.688. The molecule has 0 aromatic heterocycles. The first-order valence-electron chi connectivity index (χ1n) is 5.17. The maximum Gasteiger partial charge on any atom is 0.0570 e. The fraction of sp³-hybridized carbons (Fsp3) is 0.231. The van der Waals surface area contributed by atoms with Crippen LogP contribution >= 0.6 is 9.24 Å². The van der Waals surface area contributed by atoms with Gasteiger partial charge in [-0.05, 0) is 12.1 Å². The molecule has 3 atom stereocenters. The van der Waals surface area contributed by atoms with E-state index >= 15 is 0 Å². The summed E-state index contributed by atoms with van der Waals surface area (Å²) in [6, 6.07) is 10.9. The molecule has 1 aromatic carbocycles. The number of allylic oxidation sites excluding steroid dienone is 2. The third-order valence-corrected chi connectivity index (χ3v) is 3.37. The van der Waals surface area contributed by atoms with E-state index in [1.54, 1.807) is 0 Å². The van der Waals surface area contributed by atoms with Crippen LogP contribution in [0.25, 0.3) is 0 Å². The molecule has 3 unspecified atom stereocenters. The minimum absolute atomic E-state index is 0.433. The Morgan fingerprint density at radius 1 is 1.07 bits per heavy atom. The lowest BCUT2D eigenvalue weighted by Crippen LogP contribution is -2.37. The monoisotopic (exact) mass is 217 g/mol. The molecular weight excluding hydrogens is 201 g/mol. The largest absolute Gasteiger partial charge is 0.367 e. The fourth-order valence-electron chi connectivity index (χ4n) is 1.84. The molecule has 0 bridgehead atoms. The average molecular weight is 217 g/mol. The van der Waals surface area contributed by atoms with Gasteiger partial charge in [-0.25, -0.2) is 0 Å². The Morgan fingerprint density at radius 2 is 1.73 bits per heavy atom. The minimum atomic E-state index is 0.433. The SMILES string of the molecule is CN(c1ccccc1)C1C=CC=CC1P. The Morgan fingerprint density at radius 3 is 2.40 bits per heavy atom.